The van der Waals surface area contributed by atoms with Crippen LogP contribution in [-0.2, 0) is 0 Å². The molecule has 2 heteroatoms. The van der Waals surface area contributed by atoms with Gasteiger partial charge in [-0.25, -0.2) is 0 Å². The number of Topliss-reactive ketones (excluding diaryl/α,β-unsaturated/α-hetero) is 1. The topological polar surface area (TPSA) is 17.1 Å². The molecule has 0 saturated carbocycles. The van der Waals surface area contributed by atoms with E-state index in [-0.39, 0.29) is 12.1 Å². The molecule has 0 atom stereocenters. The van der Waals surface area contributed by atoms with Gasteiger partial charge in [-0.3, -0.25) is 4.79 Å². The smallest absolute Gasteiger partial charge is 0.154 e. The number of hydrogen-bond acceptors (Lipinski definition) is 1. The summed E-state index contributed by atoms with van der Waals surface area (Å²) in [6, 6.07) is 13.6. The number of fused-ring (bicyclic) bond motifs is 1. The lowest BCUT2D eigenvalue weighted by Crippen LogP contribution is -1.96. The minimum Gasteiger partial charge on any atom is -0.295 e. The van der Waals surface area contributed by atoms with Gasteiger partial charge in [0, 0.05) is 5.56 Å². The molecular weight excluding hydrogens is 171 g/mol. The Morgan fingerprint density at radius 1 is 1.07 bits per heavy atom. The van der Waals surface area contributed by atoms with Gasteiger partial charge in [0.2, 0.25) is 0 Å². The third-order valence-corrected chi connectivity index (χ3v) is 2.26. The first kappa shape index (κ1) is 9.01. The van der Waals surface area contributed by atoms with E-state index in [2.05, 4.69) is 0 Å². The summed E-state index contributed by atoms with van der Waals surface area (Å²) in [7, 11) is 5.30. The molecule has 2 aromatic rings. The maximum Gasteiger partial charge on any atom is 0.154 e. The first-order valence-corrected chi connectivity index (χ1v) is 4.53. The monoisotopic (exact) mass is 180 g/mol. The molecule has 0 amide bonds. The van der Waals surface area contributed by atoms with E-state index >= 15 is 0 Å². The van der Waals surface area contributed by atoms with Crippen molar-refractivity contribution < 1.29 is 4.79 Å². The largest absolute Gasteiger partial charge is 0.295 e. The predicted octanol–water partition coefficient (Wildman–Crippen LogP) is 2.61. The summed E-state index contributed by atoms with van der Waals surface area (Å²) in [5, 5.41) is 2.22. The van der Waals surface area contributed by atoms with Gasteiger partial charge in [0.25, 0.3) is 0 Å². The number of ketones is 1. The maximum atomic E-state index is 11.3. The maximum absolute atomic E-state index is 11.3. The van der Waals surface area contributed by atoms with Crippen LogP contribution in [0, 0.1) is 0 Å². The van der Waals surface area contributed by atoms with Crippen LogP contribution in [0.4, 0.5) is 0 Å². The van der Waals surface area contributed by atoms with Gasteiger partial charge < -0.3 is 0 Å². The summed E-state index contributed by atoms with van der Waals surface area (Å²) in [5.74, 6) is -0.0178. The van der Waals surface area contributed by atoms with Gasteiger partial charge in [0.15, 0.2) is 5.78 Å². The zero-order chi connectivity index (χ0) is 9.97. The van der Waals surface area contributed by atoms with Gasteiger partial charge in [-0.1, -0.05) is 36.4 Å². The number of carbonyl (C=O) groups excluding carboxylic acids is 1. The van der Waals surface area contributed by atoms with Crippen molar-refractivity contribution in [2.45, 2.75) is 6.32 Å². The molecule has 0 spiro atoms. The number of carbonyl (C=O) groups is 1. The van der Waals surface area contributed by atoms with Gasteiger partial charge >= 0.3 is 0 Å². The zero-order valence-corrected chi connectivity index (χ0v) is 7.73. The molecule has 0 aliphatic heterocycles. The van der Waals surface area contributed by atoms with Crippen LogP contribution in [0.1, 0.15) is 10.4 Å². The van der Waals surface area contributed by atoms with Crippen LogP contribution in [0.3, 0.4) is 0 Å². The molecule has 0 bridgehead atoms. The van der Waals surface area contributed by atoms with Crippen LogP contribution >= 0.6 is 0 Å². The molecule has 2 radical (unpaired) electrons. The third-order valence-electron chi connectivity index (χ3n) is 2.26. The van der Waals surface area contributed by atoms with Crippen molar-refractivity contribution in [3.8, 4) is 0 Å². The minimum absolute atomic E-state index is 0.0178. The number of rotatable bonds is 2. The van der Waals surface area contributed by atoms with Crippen molar-refractivity contribution in [1.82, 2.24) is 0 Å². The summed E-state index contributed by atoms with van der Waals surface area (Å²) >= 11 is 0. The van der Waals surface area contributed by atoms with Crippen LogP contribution in [0.5, 0.6) is 0 Å². The SMILES string of the molecule is [B]CC(=O)c1ccc2ccccc2c1. The van der Waals surface area contributed by atoms with Crippen LogP contribution in [-0.4, -0.2) is 13.6 Å². The quantitative estimate of drug-likeness (QED) is 0.512. The molecule has 0 fully saturated rings. The second-order valence-electron chi connectivity index (χ2n) is 3.19. The van der Waals surface area contributed by atoms with Gasteiger partial charge in [-0.05, 0) is 23.2 Å². The van der Waals surface area contributed by atoms with E-state index in [9.17, 15) is 4.79 Å². The Kier molecular flexibility index (Phi) is 2.36. The fraction of sp³-hybridized carbons (Fsp3) is 0.0833. The van der Waals surface area contributed by atoms with E-state index in [4.69, 9.17) is 7.85 Å². The lowest BCUT2D eigenvalue weighted by molar-refractivity contribution is 0.101. The van der Waals surface area contributed by atoms with Crippen molar-refractivity contribution in [3.05, 3.63) is 48.0 Å². The molecule has 0 aliphatic rings. The van der Waals surface area contributed by atoms with Crippen LogP contribution in [0.2, 0.25) is 6.32 Å². The van der Waals surface area contributed by atoms with Gasteiger partial charge in [0.1, 0.15) is 0 Å². The molecule has 2 aromatic carbocycles. The van der Waals surface area contributed by atoms with Crippen LogP contribution in [0.25, 0.3) is 10.8 Å². The lowest BCUT2D eigenvalue weighted by atomic mass is 9.94. The number of benzene rings is 2. The highest BCUT2D eigenvalue weighted by Gasteiger charge is 2.02. The van der Waals surface area contributed by atoms with E-state index in [1.165, 1.54) is 0 Å². The van der Waals surface area contributed by atoms with Crippen molar-refractivity contribution in [2.24, 2.45) is 0 Å². The molecule has 0 aromatic heterocycles. The summed E-state index contributed by atoms with van der Waals surface area (Å²) in [5.41, 5.74) is 0.686. The standard InChI is InChI=1S/C12H9BO/c13-8-12(14)11-6-5-9-3-1-2-4-10(9)7-11/h1-7H,8H2. The Morgan fingerprint density at radius 2 is 1.79 bits per heavy atom. The number of hydrogen-bond donors (Lipinski definition) is 0. The Morgan fingerprint density at radius 3 is 2.50 bits per heavy atom. The average Bonchev–Trinajstić information content (AvgIpc) is 2.27. The Hall–Kier alpha value is -1.57. The third kappa shape index (κ3) is 1.56. The molecule has 66 valence electrons. The molecule has 1 nitrogen and oxygen atoms in total. The minimum atomic E-state index is -0.0178. The van der Waals surface area contributed by atoms with E-state index in [0.29, 0.717) is 5.56 Å². The van der Waals surface area contributed by atoms with E-state index in [0.717, 1.165) is 10.8 Å². The van der Waals surface area contributed by atoms with Gasteiger partial charge in [-0.2, -0.15) is 0 Å². The molecule has 0 saturated heterocycles. The summed E-state index contributed by atoms with van der Waals surface area (Å²) < 4.78 is 0. The molecule has 0 aliphatic carbocycles. The highest BCUT2D eigenvalue weighted by atomic mass is 16.1. The normalized spacial score (nSPS) is 10.3. The predicted molar refractivity (Wildman–Crippen MR) is 58.8 cm³/mol. The van der Waals surface area contributed by atoms with E-state index in [1.807, 2.05) is 42.5 Å². The summed E-state index contributed by atoms with van der Waals surface area (Å²) in [6.07, 6.45) is 0.0678. The molecular formula is C12H9BO. The highest BCUT2D eigenvalue weighted by Crippen LogP contribution is 2.16. The average molecular weight is 180 g/mol. The van der Waals surface area contributed by atoms with Crippen molar-refractivity contribution in [2.75, 3.05) is 0 Å². The summed E-state index contributed by atoms with van der Waals surface area (Å²) in [4.78, 5) is 11.3. The van der Waals surface area contributed by atoms with Crippen molar-refractivity contribution in [1.29, 1.82) is 0 Å². The Balaban J connectivity index is 2.56. The van der Waals surface area contributed by atoms with Crippen LogP contribution < -0.4 is 0 Å². The first-order chi connectivity index (χ1) is 6.81. The Bertz CT molecular complexity index is 476. The zero-order valence-electron chi connectivity index (χ0n) is 7.73. The summed E-state index contributed by atoms with van der Waals surface area (Å²) in [6.45, 7) is 0. The van der Waals surface area contributed by atoms with E-state index < -0.39 is 0 Å². The van der Waals surface area contributed by atoms with Crippen LogP contribution in [0.15, 0.2) is 42.5 Å². The lowest BCUT2D eigenvalue weighted by Gasteiger charge is -2.00. The van der Waals surface area contributed by atoms with Crippen molar-refractivity contribution >= 4 is 24.4 Å². The molecule has 0 unspecified atom stereocenters. The molecule has 2 rings (SSSR count). The van der Waals surface area contributed by atoms with Gasteiger partial charge in [0.05, 0.1) is 7.85 Å². The highest BCUT2D eigenvalue weighted by molar-refractivity contribution is 6.24. The van der Waals surface area contributed by atoms with Crippen molar-refractivity contribution in [3.63, 3.8) is 0 Å². The molecule has 0 N–H and O–H groups in total. The second-order valence-corrected chi connectivity index (χ2v) is 3.19. The van der Waals surface area contributed by atoms with Gasteiger partial charge in [-0.15, -0.1) is 0 Å². The molecule has 14 heavy (non-hydrogen) atoms. The fourth-order valence-electron chi connectivity index (χ4n) is 1.48. The van der Waals surface area contributed by atoms with E-state index in [1.54, 1.807) is 0 Å². The Labute approximate surface area is 84.2 Å². The first-order valence-electron chi connectivity index (χ1n) is 4.53. The fourth-order valence-corrected chi connectivity index (χ4v) is 1.48. The molecule has 0 heterocycles. The second kappa shape index (κ2) is 3.66.